The van der Waals surface area contributed by atoms with Crippen molar-refractivity contribution in [2.45, 2.75) is 4.90 Å². The van der Waals surface area contributed by atoms with Gasteiger partial charge in [0.05, 0.1) is 22.2 Å². The van der Waals surface area contributed by atoms with E-state index >= 15 is 0 Å². The molecular weight excluding hydrogens is 283 g/mol. The van der Waals surface area contributed by atoms with Gasteiger partial charge in [-0.2, -0.15) is 5.26 Å². The molecule has 0 aliphatic heterocycles. The average Bonchev–Trinajstić information content (AvgIpc) is 2.42. The number of anilines is 1. The van der Waals surface area contributed by atoms with Crippen molar-refractivity contribution in [2.75, 3.05) is 4.72 Å². The van der Waals surface area contributed by atoms with Crippen LogP contribution in [0.2, 0.25) is 0 Å². The third-order valence-corrected chi connectivity index (χ3v) is 3.83. The van der Waals surface area contributed by atoms with Gasteiger partial charge < -0.3 is 5.11 Å². The number of phenolic OH excluding ortho intramolecular Hbond substituents is 1. The molecule has 0 aromatic heterocycles. The van der Waals surface area contributed by atoms with E-state index in [1.165, 1.54) is 24.3 Å². The molecule has 0 saturated carbocycles. The molecular formula is C13H9FN2O3S. The Labute approximate surface area is 115 Å². The van der Waals surface area contributed by atoms with E-state index in [1.54, 1.807) is 0 Å². The van der Waals surface area contributed by atoms with E-state index in [0.717, 1.165) is 18.2 Å². The molecule has 2 N–H and O–H groups in total. The quantitative estimate of drug-likeness (QED) is 0.849. The highest BCUT2D eigenvalue weighted by Gasteiger charge is 2.16. The highest BCUT2D eigenvalue weighted by Crippen LogP contribution is 2.22. The summed E-state index contributed by atoms with van der Waals surface area (Å²) in [5.41, 5.74) is -0.107. The van der Waals surface area contributed by atoms with Gasteiger partial charge in [-0.25, -0.2) is 12.8 Å². The van der Waals surface area contributed by atoms with Crippen molar-refractivity contribution < 1.29 is 17.9 Å². The maximum atomic E-state index is 13.5. The molecule has 0 saturated heterocycles. The van der Waals surface area contributed by atoms with Crippen LogP contribution >= 0.6 is 0 Å². The van der Waals surface area contributed by atoms with Crippen LogP contribution in [0.5, 0.6) is 5.75 Å². The summed E-state index contributed by atoms with van der Waals surface area (Å²) in [7, 11) is -4.00. The first-order valence-electron chi connectivity index (χ1n) is 5.44. The lowest BCUT2D eigenvalue weighted by atomic mass is 10.2. The molecule has 5 nitrogen and oxygen atoms in total. The predicted octanol–water partition coefficient (Wildman–Crippen LogP) is 2.20. The van der Waals surface area contributed by atoms with Gasteiger partial charge in [0.25, 0.3) is 10.0 Å². The molecule has 7 heteroatoms. The number of phenols is 1. The Bertz CT molecular complexity index is 798. The van der Waals surface area contributed by atoms with Gasteiger partial charge in [-0.05, 0) is 30.3 Å². The van der Waals surface area contributed by atoms with Gasteiger partial charge >= 0.3 is 0 Å². The summed E-state index contributed by atoms with van der Waals surface area (Å²) in [4.78, 5) is -0.149. The van der Waals surface area contributed by atoms with Crippen molar-refractivity contribution in [1.29, 1.82) is 5.26 Å². The fraction of sp³-hybridized carbons (Fsp3) is 0. The minimum absolute atomic E-state index is 0.149. The van der Waals surface area contributed by atoms with Crippen LogP contribution in [0.25, 0.3) is 0 Å². The van der Waals surface area contributed by atoms with Crippen molar-refractivity contribution in [3.8, 4) is 11.8 Å². The first-order chi connectivity index (χ1) is 9.42. The molecule has 0 radical (unpaired) electrons. The van der Waals surface area contributed by atoms with Crippen LogP contribution in [0, 0.1) is 17.1 Å². The zero-order chi connectivity index (χ0) is 14.8. The highest BCUT2D eigenvalue weighted by molar-refractivity contribution is 7.92. The second kappa shape index (κ2) is 5.19. The van der Waals surface area contributed by atoms with Gasteiger partial charge in [0, 0.05) is 6.07 Å². The molecule has 0 bridgehead atoms. The Balaban J connectivity index is 2.38. The Kier molecular flexibility index (Phi) is 3.59. The summed E-state index contributed by atoms with van der Waals surface area (Å²) < 4.78 is 39.7. The lowest BCUT2D eigenvalue weighted by molar-refractivity contribution is 0.469. The third kappa shape index (κ3) is 2.87. The summed E-state index contributed by atoms with van der Waals surface area (Å²) in [6, 6.07) is 10.2. The average molecular weight is 292 g/mol. The number of aromatic hydroxyl groups is 1. The molecule has 102 valence electrons. The van der Waals surface area contributed by atoms with Crippen molar-refractivity contribution in [1.82, 2.24) is 0 Å². The monoisotopic (exact) mass is 292 g/mol. The lowest BCUT2D eigenvalue weighted by Crippen LogP contribution is -2.14. The first-order valence-corrected chi connectivity index (χ1v) is 6.92. The number of hydrogen-bond acceptors (Lipinski definition) is 4. The first kappa shape index (κ1) is 13.8. The fourth-order valence-electron chi connectivity index (χ4n) is 1.52. The topological polar surface area (TPSA) is 90.2 Å². The van der Waals surface area contributed by atoms with E-state index in [4.69, 9.17) is 10.4 Å². The molecule has 0 heterocycles. The van der Waals surface area contributed by atoms with Crippen molar-refractivity contribution in [3.63, 3.8) is 0 Å². The summed E-state index contributed by atoms with van der Waals surface area (Å²) in [5, 5.41) is 17.8. The molecule has 2 aromatic carbocycles. The zero-order valence-electron chi connectivity index (χ0n) is 10.0. The standard InChI is InChI=1S/C13H9FN2O3S/c14-12-7-10(17)4-5-13(12)16-20(18,19)11-3-1-2-9(6-11)8-15/h1-7,16-17H. The number of hydrogen-bond donors (Lipinski definition) is 2. The van der Waals surface area contributed by atoms with E-state index in [9.17, 15) is 12.8 Å². The number of nitriles is 1. The minimum atomic E-state index is -4.00. The second-order valence-electron chi connectivity index (χ2n) is 3.91. The molecule has 0 spiro atoms. The zero-order valence-corrected chi connectivity index (χ0v) is 10.9. The van der Waals surface area contributed by atoms with Gasteiger partial charge in [0.1, 0.15) is 5.75 Å². The van der Waals surface area contributed by atoms with E-state index in [2.05, 4.69) is 4.72 Å². The predicted molar refractivity (Wildman–Crippen MR) is 70.0 cm³/mol. The number of nitrogens with one attached hydrogen (secondary N) is 1. The normalized spacial score (nSPS) is 10.8. The largest absolute Gasteiger partial charge is 0.508 e. The number of halogens is 1. The van der Waals surface area contributed by atoms with Gasteiger partial charge in [0.15, 0.2) is 5.82 Å². The fourth-order valence-corrected chi connectivity index (χ4v) is 2.64. The Morgan fingerprint density at radius 1 is 1.20 bits per heavy atom. The second-order valence-corrected chi connectivity index (χ2v) is 5.59. The molecule has 0 amide bonds. The van der Waals surface area contributed by atoms with Crippen LogP contribution in [0.3, 0.4) is 0 Å². The van der Waals surface area contributed by atoms with E-state index in [1.807, 2.05) is 6.07 Å². The molecule has 0 atom stereocenters. The van der Waals surface area contributed by atoms with Gasteiger partial charge in [-0.3, -0.25) is 4.72 Å². The molecule has 0 unspecified atom stereocenters. The van der Waals surface area contributed by atoms with Crippen LogP contribution in [-0.2, 0) is 10.0 Å². The summed E-state index contributed by atoms with van der Waals surface area (Å²) in [6.45, 7) is 0. The van der Waals surface area contributed by atoms with Gasteiger partial charge in [-0.15, -0.1) is 0 Å². The number of nitrogens with zero attached hydrogens (tertiary/aromatic N) is 1. The third-order valence-electron chi connectivity index (χ3n) is 2.47. The Morgan fingerprint density at radius 3 is 2.60 bits per heavy atom. The van der Waals surface area contributed by atoms with Crippen molar-refractivity contribution in [3.05, 3.63) is 53.8 Å². The van der Waals surface area contributed by atoms with Crippen LogP contribution < -0.4 is 4.72 Å². The summed E-state index contributed by atoms with van der Waals surface area (Å²) >= 11 is 0. The Hall–Kier alpha value is -2.59. The molecule has 2 aromatic rings. The van der Waals surface area contributed by atoms with Crippen LogP contribution in [0.1, 0.15) is 5.56 Å². The van der Waals surface area contributed by atoms with Crippen molar-refractivity contribution >= 4 is 15.7 Å². The molecule has 20 heavy (non-hydrogen) atoms. The number of rotatable bonds is 3. The van der Waals surface area contributed by atoms with E-state index < -0.39 is 15.8 Å². The van der Waals surface area contributed by atoms with Gasteiger partial charge in [0.2, 0.25) is 0 Å². The van der Waals surface area contributed by atoms with Crippen LogP contribution in [0.15, 0.2) is 47.4 Å². The molecule has 2 rings (SSSR count). The van der Waals surface area contributed by atoms with Crippen LogP contribution in [0.4, 0.5) is 10.1 Å². The van der Waals surface area contributed by atoms with Crippen molar-refractivity contribution in [2.24, 2.45) is 0 Å². The number of benzene rings is 2. The molecule has 0 aliphatic rings. The summed E-state index contributed by atoms with van der Waals surface area (Å²) in [6.07, 6.45) is 0. The summed E-state index contributed by atoms with van der Waals surface area (Å²) in [5.74, 6) is -1.21. The van der Waals surface area contributed by atoms with E-state index in [0.29, 0.717) is 0 Å². The maximum Gasteiger partial charge on any atom is 0.262 e. The van der Waals surface area contributed by atoms with Gasteiger partial charge in [-0.1, -0.05) is 6.07 Å². The Morgan fingerprint density at radius 2 is 1.95 bits per heavy atom. The SMILES string of the molecule is N#Cc1cccc(S(=O)(=O)Nc2ccc(O)cc2F)c1. The van der Waals surface area contributed by atoms with E-state index in [-0.39, 0.29) is 21.9 Å². The molecule has 0 fully saturated rings. The van der Waals surface area contributed by atoms with Crippen LogP contribution in [-0.4, -0.2) is 13.5 Å². The maximum absolute atomic E-state index is 13.5. The minimum Gasteiger partial charge on any atom is -0.508 e. The lowest BCUT2D eigenvalue weighted by Gasteiger charge is -2.09. The molecule has 0 aliphatic carbocycles. The number of sulfonamides is 1. The highest BCUT2D eigenvalue weighted by atomic mass is 32.2. The smallest absolute Gasteiger partial charge is 0.262 e.